The number of amides is 1. The van der Waals surface area contributed by atoms with Crippen LogP contribution in [0.2, 0.25) is 0 Å². The van der Waals surface area contributed by atoms with Gasteiger partial charge in [0.05, 0.1) is 17.4 Å². The normalized spacial score (nSPS) is 10.9. The quantitative estimate of drug-likeness (QED) is 0.865. The Hall–Kier alpha value is -1.37. The Morgan fingerprint density at radius 1 is 1.38 bits per heavy atom. The summed E-state index contributed by atoms with van der Waals surface area (Å²) in [6, 6.07) is 7.69. The van der Waals surface area contributed by atoms with Crippen molar-refractivity contribution >= 4 is 34.2 Å². The maximum atomic E-state index is 12.1. The maximum Gasteiger partial charge on any atom is 0.254 e. The van der Waals surface area contributed by atoms with Crippen molar-refractivity contribution in [1.29, 1.82) is 0 Å². The van der Waals surface area contributed by atoms with Crippen LogP contribution in [-0.2, 0) is 0 Å². The molecule has 1 amide bonds. The molecule has 0 spiro atoms. The van der Waals surface area contributed by atoms with Crippen LogP contribution in [0.1, 0.15) is 24.2 Å². The topological polar surface area (TPSA) is 72.9 Å². The van der Waals surface area contributed by atoms with Crippen molar-refractivity contribution in [3.05, 3.63) is 46.7 Å². The molecular formula is C14H18BrClN4O. The van der Waals surface area contributed by atoms with E-state index in [2.05, 4.69) is 26.3 Å². The molecular weight excluding hydrogens is 356 g/mol. The molecule has 0 saturated carbocycles. The molecule has 0 atom stereocenters. The van der Waals surface area contributed by atoms with Crippen LogP contribution < -0.4 is 11.1 Å². The molecule has 0 fully saturated rings. The van der Waals surface area contributed by atoms with Gasteiger partial charge in [-0.15, -0.1) is 12.4 Å². The minimum absolute atomic E-state index is 0. The second-order valence-corrected chi connectivity index (χ2v) is 6.11. The average Bonchev–Trinajstić information content (AvgIpc) is 2.89. The molecule has 1 aromatic heterocycles. The third-order valence-electron chi connectivity index (χ3n) is 2.90. The third-order valence-corrected chi connectivity index (χ3v) is 3.43. The van der Waals surface area contributed by atoms with E-state index in [4.69, 9.17) is 5.73 Å². The average molecular weight is 374 g/mol. The highest BCUT2D eigenvalue weighted by Gasteiger charge is 2.20. The predicted octanol–water partition coefficient (Wildman–Crippen LogP) is 2.52. The summed E-state index contributed by atoms with van der Waals surface area (Å²) in [5.74, 6) is -0.177. The van der Waals surface area contributed by atoms with Gasteiger partial charge in [0.15, 0.2) is 0 Å². The molecule has 0 bridgehead atoms. The van der Waals surface area contributed by atoms with Crippen molar-refractivity contribution in [2.45, 2.75) is 19.4 Å². The molecule has 3 N–H and O–H groups in total. The number of aromatic nitrogens is 2. The highest BCUT2D eigenvalue weighted by molar-refractivity contribution is 9.10. The predicted molar refractivity (Wildman–Crippen MR) is 89.1 cm³/mol. The Morgan fingerprint density at radius 2 is 2.00 bits per heavy atom. The van der Waals surface area contributed by atoms with Crippen molar-refractivity contribution in [3.63, 3.8) is 0 Å². The molecule has 0 aliphatic rings. The summed E-state index contributed by atoms with van der Waals surface area (Å²) in [5, 5.41) is 7.07. The lowest BCUT2D eigenvalue weighted by Crippen LogP contribution is -2.48. The number of rotatable bonds is 4. The van der Waals surface area contributed by atoms with Gasteiger partial charge < -0.3 is 11.1 Å². The lowest BCUT2D eigenvalue weighted by atomic mass is 10.1. The van der Waals surface area contributed by atoms with Crippen LogP contribution in [0.4, 0.5) is 0 Å². The number of nitrogens with one attached hydrogen (secondary N) is 1. The molecule has 21 heavy (non-hydrogen) atoms. The van der Waals surface area contributed by atoms with Crippen LogP contribution in [-0.4, -0.2) is 27.8 Å². The van der Waals surface area contributed by atoms with Crippen molar-refractivity contribution < 1.29 is 4.79 Å². The number of nitrogens with zero attached hydrogens (tertiary/aromatic N) is 2. The minimum atomic E-state index is -0.434. The molecule has 114 valence electrons. The molecule has 0 saturated heterocycles. The second kappa shape index (κ2) is 7.06. The fraction of sp³-hybridized carbons (Fsp3) is 0.286. The van der Waals surface area contributed by atoms with Crippen molar-refractivity contribution in [3.8, 4) is 5.69 Å². The Bertz CT molecular complexity index is 610. The molecule has 0 unspecified atom stereocenters. The van der Waals surface area contributed by atoms with E-state index in [1.165, 1.54) is 0 Å². The highest BCUT2D eigenvalue weighted by Crippen LogP contribution is 2.14. The van der Waals surface area contributed by atoms with Crippen molar-refractivity contribution in [1.82, 2.24) is 15.1 Å². The fourth-order valence-corrected chi connectivity index (χ4v) is 1.87. The summed E-state index contributed by atoms with van der Waals surface area (Å²) in [7, 11) is 0. The van der Waals surface area contributed by atoms with Crippen LogP contribution in [0.15, 0.2) is 41.1 Å². The number of halogens is 2. The van der Waals surface area contributed by atoms with Gasteiger partial charge in [0.2, 0.25) is 0 Å². The minimum Gasteiger partial charge on any atom is -0.346 e. The Morgan fingerprint density at radius 3 is 2.57 bits per heavy atom. The van der Waals surface area contributed by atoms with E-state index < -0.39 is 5.54 Å². The summed E-state index contributed by atoms with van der Waals surface area (Å²) in [6.07, 6.45) is 3.25. The zero-order valence-electron chi connectivity index (χ0n) is 11.8. The van der Waals surface area contributed by atoms with E-state index >= 15 is 0 Å². The molecule has 0 aliphatic carbocycles. The molecule has 2 rings (SSSR count). The maximum absolute atomic E-state index is 12.1. The van der Waals surface area contributed by atoms with Crippen LogP contribution in [0.3, 0.4) is 0 Å². The van der Waals surface area contributed by atoms with Crippen LogP contribution in [0, 0.1) is 0 Å². The molecule has 0 radical (unpaired) electrons. The molecule has 1 heterocycles. The molecule has 7 heteroatoms. The first-order chi connectivity index (χ1) is 9.41. The third kappa shape index (κ3) is 4.56. The summed E-state index contributed by atoms with van der Waals surface area (Å²) in [6.45, 7) is 4.13. The number of carbonyl (C=O) groups is 1. The lowest BCUT2D eigenvalue weighted by molar-refractivity contribution is 0.0915. The first kappa shape index (κ1) is 17.7. The summed E-state index contributed by atoms with van der Waals surface area (Å²) >= 11 is 3.38. The van der Waals surface area contributed by atoms with Gasteiger partial charge in [0, 0.05) is 22.8 Å². The molecule has 0 aliphatic heterocycles. The van der Waals surface area contributed by atoms with Crippen molar-refractivity contribution in [2.75, 3.05) is 6.54 Å². The number of carbonyl (C=O) groups excluding carboxylic acids is 1. The summed E-state index contributed by atoms with van der Waals surface area (Å²) in [5.41, 5.74) is 6.57. The van der Waals surface area contributed by atoms with Gasteiger partial charge in [0.25, 0.3) is 5.91 Å². The van der Waals surface area contributed by atoms with Gasteiger partial charge in [-0.3, -0.25) is 4.79 Å². The molecule has 1 aromatic carbocycles. The monoisotopic (exact) mass is 372 g/mol. The van der Waals surface area contributed by atoms with Gasteiger partial charge in [-0.2, -0.15) is 5.10 Å². The SMILES string of the molecule is CC(C)(CN)NC(=O)c1cnn(-c2ccc(Br)cc2)c1.Cl. The number of hydrogen-bond acceptors (Lipinski definition) is 3. The number of nitrogens with two attached hydrogens (primary N) is 1. The second-order valence-electron chi connectivity index (χ2n) is 5.19. The first-order valence-corrected chi connectivity index (χ1v) is 7.04. The zero-order chi connectivity index (χ0) is 14.8. The van der Waals surface area contributed by atoms with E-state index in [9.17, 15) is 4.79 Å². The Kier molecular flexibility index (Phi) is 5.95. The van der Waals surface area contributed by atoms with Gasteiger partial charge >= 0.3 is 0 Å². The smallest absolute Gasteiger partial charge is 0.254 e. The first-order valence-electron chi connectivity index (χ1n) is 6.24. The fourth-order valence-electron chi connectivity index (χ4n) is 1.61. The Labute approximate surface area is 138 Å². The van der Waals surface area contributed by atoms with E-state index in [0.717, 1.165) is 10.2 Å². The van der Waals surface area contributed by atoms with E-state index in [1.54, 1.807) is 17.1 Å². The zero-order valence-corrected chi connectivity index (χ0v) is 14.2. The molecule has 5 nitrogen and oxygen atoms in total. The largest absolute Gasteiger partial charge is 0.346 e. The van der Waals surface area contributed by atoms with Crippen molar-refractivity contribution in [2.24, 2.45) is 5.73 Å². The van der Waals surface area contributed by atoms with Crippen LogP contribution in [0.5, 0.6) is 0 Å². The number of hydrogen-bond donors (Lipinski definition) is 2. The summed E-state index contributed by atoms with van der Waals surface area (Å²) < 4.78 is 2.66. The lowest BCUT2D eigenvalue weighted by Gasteiger charge is -2.23. The Balaban J connectivity index is 0.00000220. The highest BCUT2D eigenvalue weighted by atomic mass is 79.9. The molecule has 2 aromatic rings. The summed E-state index contributed by atoms with van der Waals surface area (Å²) in [4.78, 5) is 12.1. The van der Waals surface area contributed by atoms with E-state index in [1.807, 2.05) is 38.1 Å². The van der Waals surface area contributed by atoms with Gasteiger partial charge in [-0.05, 0) is 38.1 Å². The van der Waals surface area contributed by atoms with E-state index in [0.29, 0.717) is 12.1 Å². The van der Waals surface area contributed by atoms with Gasteiger partial charge in [-0.25, -0.2) is 4.68 Å². The van der Waals surface area contributed by atoms with E-state index in [-0.39, 0.29) is 18.3 Å². The van der Waals surface area contributed by atoms with Crippen LogP contribution in [0.25, 0.3) is 5.69 Å². The van der Waals surface area contributed by atoms with Gasteiger partial charge in [0.1, 0.15) is 0 Å². The van der Waals surface area contributed by atoms with Gasteiger partial charge in [-0.1, -0.05) is 15.9 Å². The standard InChI is InChI=1S/C14H17BrN4O.ClH/c1-14(2,9-16)18-13(20)10-7-17-19(8-10)12-5-3-11(15)4-6-12;/h3-8H,9,16H2,1-2H3,(H,18,20);1H. The number of benzene rings is 1. The van der Waals surface area contributed by atoms with Crippen LogP contribution >= 0.6 is 28.3 Å².